The second-order valence-corrected chi connectivity index (χ2v) is 6.92. The fourth-order valence-electron chi connectivity index (χ4n) is 3.09. The molecule has 1 N–H and O–H groups in total. The van der Waals surface area contributed by atoms with Crippen LogP contribution in [0.15, 0.2) is 22.7 Å². The van der Waals surface area contributed by atoms with Gasteiger partial charge in [-0.25, -0.2) is 4.79 Å². The van der Waals surface area contributed by atoms with Gasteiger partial charge in [0, 0.05) is 11.0 Å². The number of benzene rings is 1. The van der Waals surface area contributed by atoms with Crippen LogP contribution < -0.4 is 5.32 Å². The van der Waals surface area contributed by atoms with E-state index < -0.39 is 0 Å². The van der Waals surface area contributed by atoms with E-state index in [1.165, 1.54) is 38.4 Å². The van der Waals surface area contributed by atoms with Gasteiger partial charge in [-0.3, -0.25) is 0 Å². The van der Waals surface area contributed by atoms with Gasteiger partial charge in [-0.15, -0.1) is 0 Å². The molecule has 21 heavy (non-hydrogen) atoms. The molecule has 1 saturated carbocycles. The van der Waals surface area contributed by atoms with Gasteiger partial charge in [0.25, 0.3) is 0 Å². The number of carbonyl (C=O) groups excluding carboxylic acids is 1. The van der Waals surface area contributed by atoms with Crippen LogP contribution in [0, 0.1) is 11.8 Å². The van der Waals surface area contributed by atoms with Gasteiger partial charge in [-0.05, 0) is 48.9 Å². The minimum Gasteiger partial charge on any atom is -0.465 e. The Morgan fingerprint density at radius 1 is 1.43 bits per heavy atom. The predicted molar refractivity (Wildman–Crippen MR) is 88.3 cm³/mol. The molecule has 1 aromatic carbocycles. The topological polar surface area (TPSA) is 38.3 Å². The van der Waals surface area contributed by atoms with Crippen molar-refractivity contribution in [3.63, 3.8) is 0 Å². The summed E-state index contributed by atoms with van der Waals surface area (Å²) < 4.78 is 5.68. The molecule has 2 rings (SSSR count). The average molecular weight is 354 g/mol. The van der Waals surface area contributed by atoms with Crippen LogP contribution in [0.2, 0.25) is 0 Å². The number of hydrogen-bond acceptors (Lipinski definition) is 3. The van der Waals surface area contributed by atoms with Crippen LogP contribution in [-0.2, 0) is 11.3 Å². The molecule has 0 heterocycles. The minimum atomic E-state index is -0.300. The zero-order valence-electron chi connectivity index (χ0n) is 12.8. The quantitative estimate of drug-likeness (QED) is 0.808. The van der Waals surface area contributed by atoms with Crippen LogP contribution in [0.25, 0.3) is 0 Å². The summed E-state index contributed by atoms with van der Waals surface area (Å²) in [5, 5.41) is 3.55. The molecule has 1 aliphatic carbocycles. The normalized spacial score (nSPS) is 22.0. The Morgan fingerprint density at radius 2 is 2.24 bits per heavy atom. The maximum Gasteiger partial charge on any atom is 0.337 e. The van der Waals surface area contributed by atoms with Crippen molar-refractivity contribution in [3.05, 3.63) is 33.8 Å². The van der Waals surface area contributed by atoms with E-state index >= 15 is 0 Å². The summed E-state index contributed by atoms with van der Waals surface area (Å²) >= 11 is 3.53. The van der Waals surface area contributed by atoms with Crippen molar-refractivity contribution < 1.29 is 9.53 Å². The molecule has 1 aromatic rings. The SMILES string of the molecule is COC(=O)c1ccc(CNCC2CCCC(C)C2)c(Br)c1. The molecule has 0 amide bonds. The van der Waals surface area contributed by atoms with Gasteiger partial charge in [0.05, 0.1) is 12.7 Å². The van der Waals surface area contributed by atoms with Crippen molar-refractivity contribution in [2.45, 2.75) is 39.2 Å². The van der Waals surface area contributed by atoms with Crippen molar-refractivity contribution in [2.75, 3.05) is 13.7 Å². The zero-order valence-corrected chi connectivity index (χ0v) is 14.4. The van der Waals surface area contributed by atoms with Gasteiger partial charge in [0.15, 0.2) is 0 Å². The number of nitrogens with one attached hydrogen (secondary N) is 1. The van der Waals surface area contributed by atoms with E-state index in [1.54, 1.807) is 0 Å². The molecule has 0 radical (unpaired) electrons. The Labute approximate surface area is 135 Å². The molecule has 0 aromatic heterocycles. The first-order chi connectivity index (χ1) is 10.1. The number of carbonyl (C=O) groups is 1. The van der Waals surface area contributed by atoms with E-state index in [2.05, 4.69) is 28.2 Å². The molecule has 0 spiro atoms. The first-order valence-electron chi connectivity index (χ1n) is 7.67. The lowest BCUT2D eigenvalue weighted by molar-refractivity contribution is 0.0600. The van der Waals surface area contributed by atoms with Crippen LogP contribution in [-0.4, -0.2) is 19.6 Å². The smallest absolute Gasteiger partial charge is 0.337 e. The Morgan fingerprint density at radius 3 is 2.90 bits per heavy atom. The van der Waals surface area contributed by atoms with Gasteiger partial charge in [0.2, 0.25) is 0 Å². The Hall–Kier alpha value is -0.870. The van der Waals surface area contributed by atoms with Crippen molar-refractivity contribution in [1.29, 1.82) is 0 Å². The number of esters is 1. The third-order valence-corrected chi connectivity index (χ3v) is 5.01. The van der Waals surface area contributed by atoms with Crippen molar-refractivity contribution in [3.8, 4) is 0 Å². The maximum atomic E-state index is 11.5. The first-order valence-corrected chi connectivity index (χ1v) is 8.47. The molecule has 0 saturated heterocycles. The minimum absolute atomic E-state index is 0.300. The summed E-state index contributed by atoms with van der Waals surface area (Å²) in [6.07, 6.45) is 5.44. The van der Waals surface area contributed by atoms with Gasteiger partial charge in [-0.2, -0.15) is 0 Å². The van der Waals surface area contributed by atoms with Crippen LogP contribution in [0.3, 0.4) is 0 Å². The number of ether oxygens (including phenoxy) is 1. The number of methoxy groups -OCH3 is 1. The highest BCUT2D eigenvalue weighted by molar-refractivity contribution is 9.10. The summed E-state index contributed by atoms with van der Waals surface area (Å²) in [6, 6.07) is 5.62. The molecule has 1 fully saturated rings. The van der Waals surface area contributed by atoms with Gasteiger partial charge in [-0.1, -0.05) is 41.8 Å². The van der Waals surface area contributed by atoms with Crippen molar-refractivity contribution in [1.82, 2.24) is 5.32 Å². The highest BCUT2D eigenvalue weighted by atomic mass is 79.9. The van der Waals surface area contributed by atoms with Crippen LogP contribution in [0.1, 0.15) is 48.5 Å². The monoisotopic (exact) mass is 353 g/mol. The van der Waals surface area contributed by atoms with E-state index in [0.717, 1.165) is 29.4 Å². The molecule has 2 unspecified atom stereocenters. The van der Waals surface area contributed by atoms with E-state index in [9.17, 15) is 4.79 Å². The molecule has 2 atom stereocenters. The van der Waals surface area contributed by atoms with Crippen molar-refractivity contribution >= 4 is 21.9 Å². The summed E-state index contributed by atoms with van der Waals surface area (Å²) in [5.74, 6) is 1.38. The molecular formula is C17H24BrNO2. The average Bonchev–Trinajstić information content (AvgIpc) is 2.48. The first kappa shape index (κ1) is 16.5. The zero-order chi connectivity index (χ0) is 15.2. The molecule has 0 aliphatic heterocycles. The van der Waals surface area contributed by atoms with Crippen LogP contribution >= 0.6 is 15.9 Å². The summed E-state index contributed by atoms with van der Waals surface area (Å²) in [7, 11) is 1.40. The van der Waals surface area contributed by atoms with E-state index in [0.29, 0.717) is 5.56 Å². The Balaban J connectivity index is 1.84. The largest absolute Gasteiger partial charge is 0.465 e. The van der Waals surface area contributed by atoms with Crippen molar-refractivity contribution in [2.24, 2.45) is 11.8 Å². The lowest BCUT2D eigenvalue weighted by Gasteiger charge is -2.26. The van der Waals surface area contributed by atoms with Crippen LogP contribution in [0.5, 0.6) is 0 Å². The molecule has 116 valence electrons. The standard InChI is InChI=1S/C17H24BrNO2/c1-12-4-3-5-13(8-12)10-19-11-15-7-6-14(9-16(15)18)17(20)21-2/h6-7,9,12-13,19H,3-5,8,10-11H2,1-2H3. The third kappa shape index (κ3) is 4.82. The van der Waals surface area contributed by atoms with E-state index in [1.807, 2.05) is 18.2 Å². The number of hydrogen-bond donors (Lipinski definition) is 1. The predicted octanol–water partition coefficient (Wildman–Crippen LogP) is 4.15. The number of rotatable bonds is 5. The fraction of sp³-hybridized carbons (Fsp3) is 0.588. The van der Waals surface area contributed by atoms with Crippen LogP contribution in [0.4, 0.5) is 0 Å². The Kier molecular flexibility index (Phi) is 6.24. The summed E-state index contributed by atoms with van der Waals surface area (Å²) in [4.78, 5) is 11.5. The van der Waals surface area contributed by atoms with Gasteiger partial charge in [0.1, 0.15) is 0 Å². The molecule has 3 nitrogen and oxygen atoms in total. The molecule has 0 bridgehead atoms. The van der Waals surface area contributed by atoms with Gasteiger partial charge < -0.3 is 10.1 Å². The molecular weight excluding hydrogens is 330 g/mol. The highest BCUT2D eigenvalue weighted by Gasteiger charge is 2.18. The van der Waals surface area contributed by atoms with E-state index in [-0.39, 0.29) is 5.97 Å². The van der Waals surface area contributed by atoms with E-state index in [4.69, 9.17) is 4.74 Å². The number of halogens is 1. The highest BCUT2D eigenvalue weighted by Crippen LogP contribution is 2.28. The molecule has 4 heteroatoms. The molecule has 1 aliphatic rings. The fourth-order valence-corrected chi connectivity index (χ4v) is 3.61. The summed E-state index contributed by atoms with van der Waals surface area (Å²) in [5.41, 5.74) is 1.75. The Bertz CT molecular complexity index is 490. The lowest BCUT2D eigenvalue weighted by atomic mass is 9.82. The second kappa shape index (κ2) is 7.95. The summed E-state index contributed by atoms with van der Waals surface area (Å²) in [6.45, 7) is 4.26. The third-order valence-electron chi connectivity index (χ3n) is 4.27. The second-order valence-electron chi connectivity index (χ2n) is 6.07. The maximum absolute atomic E-state index is 11.5. The van der Waals surface area contributed by atoms with Gasteiger partial charge >= 0.3 is 5.97 Å². The lowest BCUT2D eigenvalue weighted by Crippen LogP contribution is -2.26.